The number of carbonyl (C=O) groups excluding carboxylic acids is 1. The van der Waals surface area contributed by atoms with E-state index in [4.69, 9.17) is 0 Å². The van der Waals surface area contributed by atoms with E-state index in [0.29, 0.717) is 15.6 Å². The van der Waals surface area contributed by atoms with E-state index in [1.165, 1.54) is 0 Å². The van der Waals surface area contributed by atoms with Crippen molar-refractivity contribution in [1.82, 2.24) is 5.01 Å². The third kappa shape index (κ3) is 3.39. The van der Waals surface area contributed by atoms with Crippen LogP contribution in [0.25, 0.3) is 0 Å². The van der Waals surface area contributed by atoms with Gasteiger partial charge in [0.1, 0.15) is 0 Å². The van der Waals surface area contributed by atoms with E-state index >= 15 is 0 Å². The second-order valence-electron chi connectivity index (χ2n) is 5.89. The van der Waals surface area contributed by atoms with Crippen molar-refractivity contribution < 1.29 is 23.1 Å². The zero-order valence-corrected chi connectivity index (χ0v) is 15.0. The summed E-state index contributed by atoms with van der Waals surface area (Å²) >= 11 is 3.26. The van der Waals surface area contributed by atoms with Crippen molar-refractivity contribution >= 4 is 27.5 Å². The number of aliphatic hydroxyl groups is 1. The zero-order valence-electron chi connectivity index (χ0n) is 13.4. The van der Waals surface area contributed by atoms with Crippen LogP contribution in [0, 0.1) is 0 Å². The van der Waals surface area contributed by atoms with Crippen molar-refractivity contribution in [3.8, 4) is 0 Å². The van der Waals surface area contributed by atoms with Gasteiger partial charge in [-0.2, -0.15) is 23.3 Å². The van der Waals surface area contributed by atoms with Crippen LogP contribution in [-0.4, -0.2) is 33.6 Å². The summed E-state index contributed by atoms with van der Waals surface area (Å²) in [5.74, 6) is -0.932. The molecule has 0 saturated heterocycles. The highest BCUT2D eigenvalue weighted by atomic mass is 79.9. The maximum atomic E-state index is 13.6. The van der Waals surface area contributed by atoms with Gasteiger partial charge in [0.2, 0.25) is 5.91 Å². The number of nitrogens with zero attached hydrogens (tertiary/aromatic N) is 2. The summed E-state index contributed by atoms with van der Waals surface area (Å²) in [7, 11) is 0. The topological polar surface area (TPSA) is 52.9 Å². The van der Waals surface area contributed by atoms with E-state index in [2.05, 4.69) is 21.0 Å². The molecule has 1 N–H and O–H groups in total. The lowest BCUT2D eigenvalue weighted by atomic mass is 10.0. The predicted molar refractivity (Wildman–Crippen MR) is 93.3 cm³/mol. The van der Waals surface area contributed by atoms with Crippen molar-refractivity contribution in [3.05, 3.63) is 70.2 Å². The standard InChI is InChI=1S/C18H14BrF3N2O2/c19-14-9-5-4-8-13(14)15-11-17(26,18(20,21)22)24(23-15)16(25)10-12-6-2-1-3-7-12/h1-9,26H,10-11H2. The highest BCUT2D eigenvalue weighted by Gasteiger charge is 2.63. The molecule has 1 amide bonds. The molecule has 1 atom stereocenters. The predicted octanol–water partition coefficient (Wildman–Crippen LogP) is 3.88. The van der Waals surface area contributed by atoms with Crippen molar-refractivity contribution in [3.63, 3.8) is 0 Å². The Morgan fingerprint density at radius 1 is 1.15 bits per heavy atom. The number of benzene rings is 2. The second kappa shape index (κ2) is 6.85. The number of halogens is 4. The minimum Gasteiger partial charge on any atom is -0.362 e. The normalized spacial score (nSPS) is 20.2. The molecule has 2 aromatic carbocycles. The average Bonchev–Trinajstić information content (AvgIpc) is 2.95. The molecular formula is C18H14BrF3N2O2. The van der Waals surface area contributed by atoms with Gasteiger partial charge in [0, 0.05) is 10.0 Å². The lowest BCUT2D eigenvalue weighted by Crippen LogP contribution is -2.57. The summed E-state index contributed by atoms with van der Waals surface area (Å²) in [4.78, 5) is 12.5. The molecule has 0 spiro atoms. The Bertz CT molecular complexity index is 855. The lowest BCUT2D eigenvalue weighted by molar-refractivity contribution is -0.302. The number of amides is 1. The Labute approximate surface area is 156 Å². The first-order chi connectivity index (χ1) is 12.2. The molecule has 26 heavy (non-hydrogen) atoms. The van der Waals surface area contributed by atoms with E-state index in [-0.39, 0.29) is 17.1 Å². The number of alkyl halides is 3. The molecule has 8 heteroatoms. The molecule has 136 valence electrons. The lowest BCUT2D eigenvalue weighted by Gasteiger charge is -2.32. The van der Waals surface area contributed by atoms with Gasteiger partial charge in [-0.05, 0) is 11.6 Å². The van der Waals surface area contributed by atoms with Gasteiger partial charge in [0.15, 0.2) is 0 Å². The van der Waals surface area contributed by atoms with E-state index in [1.54, 1.807) is 54.6 Å². The van der Waals surface area contributed by atoms with Gasteiger partial charge < -0.3 is 5.11 Å². The van der Waals surface area contributed by atoms with E-state index < -0.39 is 24.2 Å². The third-order valence-electron chi connectivity index (χ3n) is 4.06. The van der Waals surface area contributed by atoms with Crippen LogP contribution >= 0.6 is 15.9 Å². The van der Waals surface area contributed by atoms with Crippen molar-refractivity contribution in [2.24, 2.45) is 5.10 Å². The van der Waals surface area contributed by atoms with Crippen LogP contribution in [0.1, 0.15) is 17.5 Å². The molecule has 4 nitrogen and oxygen atoms in total. The molecule has 0 saturated carbocycles. The number of carbonyl (C=O) groups is 1. The quantitative estimate of drug-likeness (QED) is 0.809. The Morgan fingerprint density at radius 3 is 2.38 bits per heavy atom. The molecule has 0 aliphatic carbocycles. The van der Waals surface area contributed by atoms with Gasteiger partial charge >= 0.3 is 6.18 Å². The fourth-order valence-electron chi connectivity index (χ4n) is 2.72. The summed E-state index contributed by atoms with van der Waals surface area (Å²) in [6.45, 7) is 0. The molecule has 0 fully saturated rings. The van der Waals surface area contributed by atoms with Crippen LogP contribution in [0.5, 0.6) is 0 Å². The molecule has 1 heterocycles. The van der Waals surface area contributed by atoms with Crippen LogP contribution in [-0.2, 0) is 11.2 Å². The molecule has 0 radical (unpaired) electrons. The van der Waals surface area contributed by atoms with Gasteiger partial charge in [0.25, 0.3) is 5.72 Å². The number of hydrogen-bond donors (Lipinski definition) is 1. The Morgan fingerprint density at radius 2 is 1.77 bits per heavy atom. The fraction of sp³-hybridized carbons (Fsp3) is 0.222. The Balaban J connectivity index is 1.98. The molecule has 1 aliphatic rings. The molecule has 0 aromatic heterocycles. The molecule has 0 bridgehead atoms. The SMILES string of the molecule is O=C(Cc1ccccc1)N1N=C(c2ccccc2Br)CC1(O)C(F)(F)F. The summed E-state index contributed by atoms with van der Waals surface area (Å²) in [6, 6.07) is 14.9. The van der Waals surface area contributed by atoms with Crippen LogP contribution in [0.3, 0.4) is 0 Å². The smallest absolute Gasteiger partial charge is 0.362 e. The van der Waals surface area contributed by atoms with Crippen LogP contribution in [0.4, 0.5) is 13.2 Å². The Kier molecular flexibility index (Phi) is 4.90. The summed E-state index contributed by atoms with van der Waals surface area (Å²) in [5, 5.41) is 14.3. The minimum atomic E-state index is -5.05. The summed E-state index contributed by atoms with van der Waals surface area (Å²) < 4.78 is 41.2. The zero-order chi connectivity index (χ0) is 18.9. The largest absolute Gasteiger partial charge is 0.438 e. The van der Waals surface area contributed by atoms with Crippen LogP contribution in [0.15, 0.2) is 64.2 Å². The molecule has 2 aromatic rings. The van der Waals surface area contributed by atoms with Gasteiger partial charge in [-0.15, -0.1) is 0 Å². The van der Waals surface area contributed by atoms with E-state index in [9.17, 15) is 23.1 Å². The first kappa shape index (κ1) is 18.6. The van der Waals surface area contributed by atoms with Gasteiger partial charge in [-0.3, -0.25) is 4.79 Å². The van der Waals surface area contributed by atoms with Gasteiger partial charge in [0.05, 0.1) is 18.6 Å². The maximum absolute atomic E-state index is 13.6. The van der Waals surface area contributed by atoms with Gasteiger partial charge in [-0.1, -0.05) is 64.5 Å². The first-order valence-electron chi connectivity index (χ1n) is 7.71. The molecule has 1 aliphatic heterocycles. The van der Waals surface area contributed by atoms with E-state index in [1.807, 2.05) is 0 Å². The maximum Gasteiger partial charge on any atom is 0.438 e. The van der Waals surface area contributed by atoms with Crippen molar-refractivity contribution in [1.29, 1.82) is 0 Å². The van der Waals surface area contributed by atoms with Crippen molar-refractivity contribution in [2.75, 3.05) is 0 Å². The highest BCUT2D eigenvalue weighted by molar-refractivity contribution is 9.10. The van der Waals surface area contributed by atoms with Crippen LogP contribution < -0.4 is 0 Å². The summed E-state index contributed by atoms with van der Waals surface area (Å²) in [6.07, 6.45) is -6.18. The second-order valence-corrected chi connectivity index (χ2v) is 6.74. The monoisotopic (exact) mass is 426 g/mol. The molecule has 3 rings (SSSR count). The van der Waals surface area contributed by atoms with Crippen molar-refractivity contribution in [2.45, 2.75) is 24.7 Å². The number of hydrazone groups is 1. The summed E-state index contributed by atoms with van der Waals surface area (Å²) in [5.41, 5.74) is -2.46. The molecular weight excluding hydrogens is 413 g/mol. The molecule has 1 unspecified atom stereocenters. The average molecular weight is 427 g/mol. The number of hydrogen-bond acceptors (Lipinski definition) is 3. The van der Waals surface area contributed by atoms with Crippen LogP contribution in [0.2, 0.25) is 0 Å². The van der Waals surface area contributed by atoms with E-state index in [0.717, 1.165) is 0 Å². The third-order valence-corrected chi connectivity index (χ3v) is 4.75. The minimum absolute atomic E-state index is 0.0151. The number of rotatable bonds is 3. The Hall–Kier alpha value is -2.19. The first-order valence-corrected chi connectivity index (χ1v) is 8.50. The fourth-order valence-corrected chi connectivity index (χ4v) is 3.23. The highest BCUT2D eigenvalue weighted by Crippen LogP contribution is 2.42. The van der Waals surface area contributed by atoms with Gasteiger partial charge in [-0.25, -0.2) is 0 Å².